The van der Waals surface area contributed by atoms with Gasteiger partial charge in [-0.3, -0.25) is 9.48 Å². The van der Waals surface area contributed by atoms with Gasteiger partial charge in [0.2, 0.25) is 5.91 Å². The SMILES string of the molecule is Cc1c(Br)c(C(F)(F)F)nn1CC(=O)NCc1ccc(Cl)cc1. The molecule has 0 aliphatic rings. The average Bonchev–Trinajstić information content (AvgIpc) is 2.75. The number of halogens is 5. The molecule has 23 heavy (non-hydrogen) atoms. The van der Waals surface area contributed by atoms with Crippen LogP contribution >= 0.6 is 27.5 Å². The molecule has 0 fully saturated rings. The van der Waals surface area contributed by atoms with Gasteiger partial charge in [-0.25, -0.2) is 0 Å². The van der Waals surface area contributed by atoms with E-state index in [2.05, 4.69) is 26.3 Å². The number of benzene rings is 1. The van der Waals surface area contributed by atoms with Crippen LogP contribution in [0.5, 0.6) is 0 Å². The lowest BCUT2D eigenvalue weighted by Crippen LogP contribution is -2.28. The highest BCUT2D eigenvalue weighted by atomic mass is 79.9. The Balaban J connectivity index is 2.02. The lowest BCUT2D eigenvalue weighted by atomic mass is 10.2. The van der Waals surface area contributed by atoms with Crippen LogP contribution in [0, 0.1) is 6.92 Å². The molecule has 0 unspecified atom stereocenters. The molecule has 2 aromatic rings. The molecule has 0 bridgehead atoms. The lowest BCUT2D eigenvalue weighted by molar-refractivity contribution is -0.142. The molecule has 1 aromatic heterocycles. The Morgan fingerprint density at radius 1 is 1.35 bits per heavy atom. The number of carbonyl (C=O) groups is 1. The summed E-state index contributed by atoms with van der Waals surface area (Å²) in [5.41, 5.74) is 0.0246. The largest absolute Gasteiger partial charge is 0.436 e. The summed E-state index contributed by atoms with van der Waals surface area (Å²) < 4.78 is 39.2. The number of carbonyl (C=O) groups excluding carboxylic acids is 1. The van der Waals surface area contributed by atoms with Gasteiger partial charge in [0.05, 0.1) is 10.2 Å². The number of rotatable bonds is 4. The van der Waals surface area contributed by atoms with Gasteiger partial charge in [-0.05, 0) is 40.5 Å². The summed E-state index contributed by atoms with van der Waals surface area (Å²) in [5.74, 6) is -0.438. The Hall–Kier alpha value is -1.54. The predicted octanol–water partition coefficient (Wildman–Crippen LogP) is 3.94. The minimum atomic E-state index is -4.57. The van der Waals surface area contributed by atoms with Crippen LogP contribution in [0.2, 0.25) is 5.02 Å². The molecular weight excluding hydrogens is 399 g/mol. The van der Waals surface area contributed by atoms with E-state index in [-0.39, 0.29) is 23.3 Å². The van der Waals surface area contributed by atoms with Crippen LogP contribution in [0.25, 0.3) is 0 Å². The maximum atomic E-state index is 12.8. The van der Waals surface area contributed by atoms with Crippen LogP contribution < -0.4 is 5.32 Å². The first-order valence-electron chi connectivity index (χ1n) is 6.49. The molecule has 0 atom stereocenters. The van der Waals surface area contributed by atoms with Crippen LogP contribution in [0.15, 0.2) is 28.7 Å². The normalized spacial score (nSPS) is 11.6. The summed E-state index contributed by atoms with van der Waals surface area (Å²) in [4.78, 5) is 11.9. The quantitative estimate of drug-likeness (QED) is 0.830. The third-order valence-electron chi connectivity index (χ3n) is 3.10. The lowest BCUT2D eigenvalue weighted by Gasteiger charge is -2.07. The second kappa shape index (κ2) is 6.92. The van der Waals surface area contributed by atoms with Gasteiger partial charge in [0.15, 0.2) is 5.69 Å². The maximum Gasteiger partial charge on any atom is 0.436 e. The van der Waals surface area contributed by atoms with Gasteiger partial charge in [0.25, 0.3) is 0 Å². The molecule has 1 amide bonds. The molecule has 4 nitrogen and oxygen atoms in total. The summed E-state index contributed by atoms with van der Waals surface area (Å²) >= 11 is 8.62. The number of hydrogen-bond acceptors (Lipinski definition) is 2. The Bertz CT molecular complexity index is 713. The van der Waals surface area contributed by atoms with Crippen molar-refractivity contribution in [3.05, 3.63) is 50.7 Å². The number of nitrogens with zero attached hydrogens (tertiary/aromatic N) is 2. The van der Waals surface area contributed by atoms with E-state index in [9.17, 15) is 18.0 Å². The number of aromatic nitrogens is 2. The second-order valence-corrected chi connectivity index (χ2v) is 6.04. The zero-order valence-corrected chi connectivity index (χ0v) is 14.3. The van der Waals surface area contributed by atoms with Gasteiger partial charge in [0, 0.05) is 11.6 Å². The van der Waals surface area contributed by atoms with E-state index in [1.165, 1.54) is 6.92 Å². The summed E-state index contributed by atoms with van der Waals surface area (Å²) in [6.45, 7) is 1.41. The zero-order valence-electron chi connectivity index (χ0n) is 11.9. The van der Waals surface area contributed by atoms with Crippen molar-refractivity contribution in [3.63, 3.8) is 0 Å². The molecule has 0 saturated carbocycles. The van der Waals surface area contributed by atoms with E-state index in [4.69, 9.17) is 11.6 Å². The van der Waals surface area contributed by atoms with Gasteiger partial charge in [-0.15, -0.1) is 0 Å². The predicted molar refractivity (Wildman–Crippen MR) is 83.0 cm³/mol. The standard InChI is InChI=1S/C14H12BrClF3N3O/c1-8-12(15)13(14(17,18)19)21-22(8)7-11(23)20-6-9-2-4-10(16)5-3-9/h2-5H,6-7H2,1H3,(H,20,23). The van der Waals surface area contributed by atoms with Crippen LogP contribution in [0.3, 0.4) is 0 Å². The second-order valence-electron chi connectivity index (χ2n) is 4.81. The minimum Gasteiger partial charge on any atom is -0.350 e. The Kier molecular flexibility index (Phi) is 5.36. The van der Waals surface area contributed by atoms with Crippen molar-refractivity contribution in [2.24, 2.45) is 0 Å². The van der Waals surface area contributed by atoms with Crippen molar-refractivity contribution in [2.75, 3.05) is 0 Å². The fourth-order valence-electron chi connectivity index (χ4n) is 1.85. The highest BCUT2D eigenvalue weighted by Crippen LogP contribution is 2.35. The highest BCUT2D eigenvalue weighted by molar-refractivity contribution is 9.10. The summed E-state index contributed by atoms with van der Waals surface area (Å²) in [5, 5.41) is 6.66. The van der Waals surface area contributed by atoms with E-state index >= 15 is 0 Å². The number of nitrogens with one attached hydrogen (secondary N) is 1. The van der Waals surface area contributed by atoms with Crippen molar-refractivity contribution >= 4 is 33.4 Å². The van der Waals surface area contributed by atoms with Crippen LogP contribution in [0.4, 0.5) is 13.2 Å². The summed E-state index contributed by atoms with van der Waals surface area (Å²) in [6.07, 6.45) is -4.57. The van der Waals surface area contributed by atoms with E-state index in [1.54, 1.807) is 24.3 Å². The number of amides is 1. The fraction of sp³-hybridized carbons (Fsp3) is 0.286. The zero-order chi connectivity index (χ0) is 17.2. The van der Waals surface area contributed by atoms with Crippen LogP contribution in [-0.4, -0.2) is 15.7 Å². The number of hydrogen-bond donors (Lipinski definition) is 1. The molecule has 0 aliphatic heterocycles. The number of alkyl halides is 3. The van der Waals surface area contributed by atoms with Gasteiger partial charge in [-0.2, -0.15) is 18.3 Å². The highest BCUT2D eigenvalue weighted by Gasteiger charge is 2.38. The topological polar surface area (TPSA) is 46.9 Å². The van der Waals surface area contributed by atoms with Crippen molar-refractivity contribution in [1.82, 2.24) is 15.1 Å². The van der Waals surface area contributed by atoms with E-state index < -0.39 is 17.8 Å². The molecule has 124 valence electrons. The van der Waals surface area contributed by atoms with Crippen molar-refractivity contribution < 1.29 is 18.0 Å². The average molecular weight is 411 g/mol. The molecule has 9 heteroatoms. The third-order valence-corrected chi connectivity index (χ3v) is 4.30. The van der Waals surface area contributed by atoms with Gasteiger partial charge in [0.1, 0.15) is 6.54 Å². The summed E-state index contributed by atoms with van der Waals surface area (Å²) in [6, 6.07) is 6.88. The Morgan fingerprint density at radius 2 is 1.96 bits per heavy atom. The van der Waals surface area contributed by atoms with Crippen LogP contribution in [-0.2, 0) is 24.1 Å². The molecule has 1 heterocycles. The van der Waals surface area contributed by atoms with E-state index in [1.807, 2.05) is 0 Å². The molecule has 1 N–H and O–H groups in total. The summed E-state index contributed by atoms with van der Waals surface area (Å²) in [7, 11) is 0. The molecule has 0 spiro atoms. The van der Waals surface area contributed by atoms with Crippen molar-refractivity contribution in [1.29, 1.82) is 0 Å². The van der Waals surface area contributed by atoms with Gasteiger partial charge < -0.3 is 5.32 Å². The molecule has 2 rings (SSSR count). The van der Waals surface area contributed by atoms with Gasteiger partial charge >= 0.3 is 6.18 Å². The molecule has 1 aromatic carbocycles. The Labute approximate surface area is 143 Å². The smallest absolute Gasteiger partial charge is 0.350 e. The molecule has 0 aliphatic carbocycles. The fourth-order valence-corrected chi connectivity index (χ4v) is 2.49. The van der Waals surface area contributed by atoms with E-state index in [0.717, 1.165) is 10.2 Å². The Morgan fingerprint density at radius 3 is 2.48 bits per heavy atom. The third kappa shape index (κ3) is 4.48. The van der Waals surface area contributed by atoms with Crippen molar-refractivity contribution in [3.8, 4) is 0 Å². The first-order valence-corrected chi connectivity index (χ1v) is 7.67. The first kappa shape index (κ1) is 17.8. The monoisotopic (exact) mass is 409 g/mol. The first-order chi connectivity index (χ1) is 10.7. The maximum absolute atomic E-state index is 12.8. The minimum absolute atomic E-state index is 0.157. The van der Waals surface area contributed by atoms with Crippen LogP contribution in [0.1, 0.15) is 17.0 Å². The van der Waals surface area contributed by atoms with Gasteiger partial charge in [-0.1, -0.05) is 23.7 Å². The molecule has 0 radical (unpaired) electrons. The molecule has 0 saturated heterocycles. The molecular formula is C14H12BrClF3N3O. The van der Waals surface area contributed by atoms with E-state index in [0.29, 0.717) is 5.02 Å². The van der Waals surface area contributed by atoms with Crippen molar-refractivity contribution in [2.45, 2.75) is 26.2 Å².